The number of alkyl carbamates (subject to hydrolysis) is 1. The van der Waals surface area contributed by atoms with Gasteiger partial charge in [-0.05, 0) is 45.9 Å². The van der Waals surface area contributed by atoms with E-state index in [1.165, 1.54) is 6.92 Å². The Hall–Kier alpha value is -2.32. The number of alkyl halides is 3. The van der Waals surface area contributed by atoms with Crippen LogP contribution in [0.5, 0.6) is 0 Å². The summed E-state index contributed by atoms with van der Waals surface area (Å²) in [5, 5.41) is 4.42. The van der Waals surface area contributed by atoms with Gasteiger partial charge in [-0.3, -0.25) is 4.79 Å². The van der Waals surface area contributed by atoms with Crippen LogP contribution in [0.1, 0.15) is 33.3 Å². The third-order valence-corrected chi connectivity index (χ3v) is 2.67. The zero-order chi connectivity index (χ0) is 18.7. The molecule has 1 atom stereocenters. The van der Waals surface area contributed by atoms with E-state index in [1.54, 1.807) is 20.8 Å². The third kappa shape index (κ3) is 6.05. The average Bonchev–Trinajstić information content (AvgIpc) is 2.37. The van der Waals surface area contributed by atoms with Crippen molar-refractivity contribution in [1.82, 2.24) is 5.32 Å². The summed E-state index contributed by atoms with van der Waals surface area (Å²) in [4.78, 5) is 23.4. The number of halogens is 4. The second-order valence-corrected chi connectivity index (χ2v) is 6.05. The predicted molar refractivity (Wildman–Crippen MR) is 78.9 cm³/mol. The smallest absolute Gasteiger partial charge is 0.419 e. The molecule has 0 aromatic heterocycles. The van der Waals surface area contributed by atoms with E-state index < -0.39 is 41.2 Å². The number of anilines is 1. The summed E-state index contributed by atoms with van der Waals surface area (Å²) in [5.74, 6) is -2.22. The van der Waals surface area contributed by atoms with E-state index in [4.69, 9.17) is 4.74 Å². The minimum absolute atomic E-state index is 0.244. The molecule has 0 saturated heterocycles. The van der Waals surface area contributed by atoms with E-state index in [9.17, 15) is 27.2 Å². The SMILES string of the molecule is C[C@@H](NC(=O)OC(C)(C)C)C(=O)Nc1ccc(F)c(C(F)(F)F)c1. The summed E-state index contributed by atoms with van der Waals surface area (Å²) < 4.78 is 56.0. The monoisotopic (exact) mass is 350 g/mol. The molecule has 0 radical (unpaired) electrons. The molecule has 0 spiro atoms. The molecule has 2 N–H and O–H groups in total. The number of hydrogen-bond donors (Lipinski definition) is 2. The first-order valence-corrected chi connectivity index (χ1v) is 6.97. The molecule has 1 aromatic rings. The normalized spacial score (nSPS) is 13.2. The molecule has 0 aliphatic heterocycles. The largest absolute Gasteiger partial charge is 0.444 e. The van der Waals surface area contributed by atoms with Crippen LogP contribution in [-0.2, 0) is 15.7 Å². The van der Waals surface area contributed by atoms with E-state index in [0.717, 1.165) is 6.07 Å². The Labute approximate surface area is 136 Å². The van der Waals surface area contributed by atoms with Gasteiger partial charge in [0.25, 0.3) is 0 Å². The average molecular weight is 350 g/mol. The van der Waals surface area contributed by atoms with Crippen molar-refractivity contribution in [3.05, 3.63) is 29.6 Å². The molecule has 9 heteroatoms. The highest BCUT2D eigenvalue weighted by Crippen LogP contribution is 2.33. The molecule has 134 valence electrons. The minimum atomic E-state index is -4.88. The molecule has 0 aliphatic carbocycles. The molecule has 0 aliphatic rings. The second kappa shape index (κ2) is 7.06. The van der Waals surface area contributed by atoms with Crippen LogP contribution in [0, 0.1) is 5.82 Å². The minimum Gasteiger partial charge on any atom is -0.444 e. The van der Waals surface area contributed by atoms with E-state index >= 15 is 0 Å². The molecule has 24 heavy (non-hydrogen) atoms. The lowest BCUT2D eigenvalue weighted by molar-refractivity contribution is -0.140. The van der Waals surface area contributed by atoms with Gasteiger partial charge in [0.15, 0.2) is 0 Å². The van der Waals surface area contributed by atoms with Crippen LogP contribution in [0.4, 0.5) is 28.0 Å². The van der Waals surface area contributed by atoms with E-state index in [-0.39, 0.29) is 5.69 Å². The molecular formula is C15H18F4N2O3. The third-order valence-electron chi connectivity index (χ3n) is 2.67. The highest BCUT2D eigenvalue weighted by molar-refractivity contribution is 5.96. The summed E-state index contributed by atoms with van der Waals surface area (Å²) in [6.45, 7) is 6.23. The summed E-state index contributed by atoms with van der Waals surface area (Å²) in [6, 6.07) is 1.000. The van der Waals surface area contributed by atoms with Crippen LogP contribution < -0.4 is 10.6 Å². The van der Waals surface area contributed by atoms with E-state index in [1.807, 2.05) is 0 Å². The highest BCUT2D eigenvalue weighted by atomic mass is 19.4. The van der Waals surface area contributed by atoms with Crippen molar-refractivity contribution in [2.75, 3.05) is 5.32 Å². The standard InChI is InChI=1S/C15H18F4N2O3/c1-8(20-13(23)24-14(2,3)4)12(22)21-9-5-6-11(16)10(7-9)15(17,18)19/h5-8H,1-4H3,(H,20,23)(H,21,22)/t8-/m1/s1. The van der Waals surface area contributed by atoms with Crippen molar-refractivity contribution >= 4 is 17.7 Å². The lowest BCUT2D eigenvalue weighted by atomic mass is 10.1. The van der Waals surface area contributed by atoms with Crippen molar-refractivity contribution in [1.29, 1.82) is 0 Å². The van der Waals surface area contributed by atoms with Gasteiger partial charge in [0.05, 0.1) is 5.56 Å². The van der Waals surface area contributed by atoms with Gasteiger partial charge in [0.2, 0.25) is 5.91 Å². The van der Waals surface area contributed by atoms with Crippen LogP contribution in [0.3, 0.4) is 0 Å². The highest BCUT2D eigenvalue weighted by Gasteiger charge is 2.34. The summed E-state index contributed by atoms with van der Waals surface area (Å²) in [7, 11) is 0. The van der Waals surface area contributed by atoms with Gasteiger partial charge >= 0.3 is 12.3 Å². The Morgan fingerprint density at radius 2 is 1.75 bits per heavy atom. The molecule has 2 amide bonds. The fraction of sp³-hybridized carbons (Fsp3) is 0.467. The fourth-order valence-corrected chi connectivity index (χ4v) is 1.62. The number of hydrogen-bond acceptors (Lipinski definition) is 3. The number of carbonyl (C=O) groups excluding carboxylic acids is 2. The van der Waals surface area contributed by atoms with Crippen LogP contribution in [-0.4, -0.2) is 23.6 Å². The Balaban J connectivity index is 2.76. The maximum atomic E-state index is 13.2. The van der Waals surface area contributed by atoms with Gasteiger partial charge in [0, 0.05) is 5.69 Å². The van der Waals surface area contributed by atoms with Crippen LogP contribution in [0.25, 0.3) is 0 Å². The van der Waals surface area contributed by atoms with E-state index in [0.29, 0.717) is 12.1 Å². The van der Waals surface area contributed by atoms with E-state index in [2.05, 4.69) is 10.6 Å². The van der Waals surface area contributed by atoms with Crippen molar-refractivity contribution < 1.29 is 31.9 Å². The predicted octanol–water partition coefficient (Wildman–Crippen LogP) is 3.70. The Bertz CT molecular complexity index is 624. The fourth-order valence-electron chi connectivity index (χ4n) is 1.62. The number of amides is 2. The molecule has 0 bridgehead atoms. The topological polar surface area (TPSA) is 67.4 Å². The van der Waals surface area contributed by atoms with Crippen LogP contribution >= 0.6 is 0 Å². The van der Waals surface area contributed by atoms with Crippen molar-refractivity contribution in [2.45, 2.75) is 45.5 Å². The van der Waals surface area contributed by atoms with Crippen molar-refractivity contribution in [3.63, 3.8) is 0 Å². The summed E-state index contributed by atoms with van der Waals surface area (Å²) >= 11 is 0. The van der Waals surface area contributed by atoms with Crippen LogP contribution in [0.15, 0.2) is 18.2 Å². The molecule has 0 heterocycles. The summed E-state index contributed by atoms with van der Waals surface area (Å²) in [6.07, 6.45) is -5.73. The second-order valence-electron chi connectivity index (χ2n) is 6.05. The molecular weight excluding hydrogens is 332 g/mol. The Morgan fingerprint density at radius 3 is 2.25 bits per heavy atom. The molecule has 1 aromatic carbocycles. The first-order valence-electron chi connectivity index (χ1n) is 6.97. The molecule has 0 unspecified atom stereocenters. The lowest BCUT2D eigenvalue weighted by Crippen LogP contribution is -2.44. The molecule has 0 saturated carbocycles. The Kier molecular flexibility index (Phi) is 5.80. The van der Waals surface area contributed by atoms with Crippen molar-refractivity contribution in [3.8, 4) is 0 Å². The molecule has 1 rings (SSSR count). The number of benzene rings is 1. The number of nitrogens with one attached hydrogen (secondary N) is 2. The maximum Gasteiger partial charge on any atom is 0.419 e. The number of ether oxygens (including phenoxy) is 1. The zero-order valence-corrected chi connectivity index (χ0v) is 13.5. The quantitative estimate of drug-likeness (QED) is 0.817. The lowest BCUT2D eigenvalue weighted by Gasteiger charge is -2.21. The van der Waals surface area contributed by atoms with Gasteiger partial charge in [-0.15, -0.1) is 0 Å². The first-order chi connectivity index (χ1) is 10.8. The molecule has 5 nitrogen and oxygen atoms in total. The summed E-state index contributed by atoms with van der Waals surface area (Å²) in [5.41, 5.74) is -2.50. The van der Waals surface area contributed by atoms with Gasteiger partial charge in [-0.25, -0.2) is 9.18 Å². The first kappa shape index (κ1) is 19.7. The number of rotatable bonds is 3. The molecule has 0 fully saturated rings. The van der Waals surface area contributed by atoms with Gasteiger partial charge in [-0.2, -0.15) is 13.2 Å². The number of carbonyl (C=O) groups is 2. The zero-order valence-electron chi connectivity index (χ0n) is 13.5. The van der Waals surface area contributed by atoms with Crippen LogP contribution in [0.2, 0.25) is 0 Å². The van der Waals surface area contributed by atoms with Gasteiger partial charge in [-0.1, -0.05) is 0 Å². The van der Waals surface area contributed by atoms with Gasteiger partial charge < -0.3 is 15.4 Å². The maximum absolute atomic E-state index is 13.2. The van der Waals surface area contributed by atoms with Crippen molar-refractivity contribution in [2.24, 2.45) is 0 Å². The van der Waals surface area contributed by atoms with Gasteiger partial charge in [0.1, 0.15) is 17.5 Å². The Morgan fingerprint density at radius 1 is 1.17 bits per heavy atom.